The molecular weight excluding hydrogens is 653 g/mol. The van der Waals surface area contributed by atoms with Gasteiger partial charge in [0.05, 0.1) is 48.0 Å². The summed E-state index contributed by atoms with van der Waals surface area (Å²) in [7, 11) is 3.14. The minimum Gasteiger partial charge on any atom is -0.480 e. The Morgan fingerprint density at radius 1 is 0.958 bits per heavy atom. The highest BCUT2D eigenvalue weighted by atomic mass is 35.5. The number of methoxy groups -OCH3 is 2. The summed E-state index contributed by atoms with van der Waals surface area (Å²) in [5.74, 6) is 0.905. The van der Waals surface area contributed by atoms with Crippen LogP contribution in [0.2, 0.25) is 10.0 Å². The van der Waals surface area contributed by atoms with Crippen LogP contribution in [0.15, 0.2) is 48.8 Å². The number of carbonyl (C=O) groups excluding carboxylic acids is 1. The SMILES string of the molecule is COc1nc(-c2cccc(-c3cccc(-c4cnc(CN5CCC(C)(CO)C5)c(OC)n4)c3Cl)c2Cl)cnc1CNC[C@@H]1CCC(=O)N1. The molecule has 0 spiro atoms. The van der Waals surface area contributed by atoms with E-state index in [0.717, 1.165) is 42.8 Å². The molecule has 1 amide bonds. The molecule has 11 nitrogen and oxygen atoms in total. The maximum Gasteiger partial charge on any atom is 0.237 e. The van der Waals surface area contributed by atoms with E-state index in [2.05, 4.69) is 27.4 Å². The molecule has 2 saturated heterocycles. The summed E-state index contributed by atoms with van der Waals surface area (Å²) in [4.78, 5) is 32.6. The molecular formula is C35H39Cl2N7O4. The van der Waals surface area contributed by atoms with E-state index in [1.807, 2.05) is 36.4 Å². The molecule has 6 rings (SSSR count). The molecule has 0 aliphatic carbocycles. The zero-order valence-electron chi connectivity index (χ0n) is 27.2. The number of hydrogen-bond donors (Lipinski definition) is 3. The number of ether oxygens (including phenoxy) is 2. The Labute approximate surface area is 290 Å². The highest BCUT2D eigenvalue weighted by molar-refractivity contribution is 6.39. The van der Waals surface area contributed by atoms with E-state index < -0.39 is 0 Å². The largest absolute Gasteiger partial charge is 0.480 e. The predicted molar refractivity (Wildman–Crippen MR) is 185 cm³/mol. The fourth-order valence-electron chi connectivity index (χ4n) is 6.28. The Kier molecular flexibility index (Phi) is 10.4. The van der Waals surface area contributed by atoms with Gasteiger partial charge in [0.25, 0.3) is 0 Å². The first kappa shape index (κ1) is 34.0. The molecule has 252 valence electrons. The molecule has 2 aliphatic rings. The van der Waals surface area contributed by atoms with Gasteiger partial charge in [0.2, 0.25) is 17.7 Å². The van der Waals surface area contributed by atoms with Crippen LogP contribution >= 0.6 is 23.2 Å². The lowest BCUT2D eigenvalue weighted by atomic mass is 9.91. The average molecular weight is 693 g/mol. The summed E-state index contributed by atoms with van der Waals surface area (Å²) in [6.45, 7) is 5.56. The zero-order chi connectivity index (χ0) is 33.8. The molecule has 1 unspecified atom stereocenters. The van der Waals surface area contributed by atoms with Crippen LogP contribution in [-0.4, -0.2) is 82.4 Å². The van der Waals surface area contributed by atoms with Crippen LogP contribution in [0.3, 0.4) is 0 Å². The Hall–Kier alpha value is -3.87. The molecule has 13 heteroatoms. The van der Waals surface area contributed by atoms with Crippen LogP contribution < -0.4 is 20.1 Å². The van der Waals surface area contributed by atoms with Crippen LogP contribution in [0.25, 0.3) is 33.6 Å². The molecule has 2 fully saturated rings. The number of nitrogens with one attached hydrogen (secondary N) is 2. The van der Waals surface area contributed by atoms with Gasteiger partial charge in [0.15, 0.2) is 0 Å². The first-order valence-corrected chi connectivity index (χ1v) is 16.7. The number of carbonyl (C=O) groups is 1. The van der Waals surface area contributed by atoms with Gasteiger partial charge in [-0.25, -0.2) is 9.97 Å². The molecule has 2 atom stereocenters. The van der Waals surface area contributed by atoms with Crippen molar-refractivity contribution in [2.75, 3.05) is 40.5 Å². The van der Waals surface area contributed by atoms with E-state index in [9.17, 15) is 9.90 Å². The number of hydrogen-bond acceptors (Lipinski definition) is 10. The van der Waals surface area contributed by atoms with E-state index >= 15 is 0 Å². The lowest BCUT2D eigenvalue weighted by molar-refractivity contribution is -0.119. The van der Waals surface area contributed by atoms with E-state index in [1.54, 1.807) is 26.6 Å². The average Bonchev–Trinajstić information content (AvgIpc) is 3.70. The number of aliphatic hydroxyl groups excluding tert-OH is 1. The van der Waals surface area contributed by atoms with Gasteiger partial charge < -0.3 is 25.2 Å². The first-order chi connectivity index (χ1) is 23.2. The van der Waals surface area contributed by atoms with Gasteiger partial charge in [-0.3, -0.25) is 19.7 Å². The van der Waals surface area contributed by atoms with E-state index in [4.69, 9.17) is 47.6 Å². The van der Waals surface area contributed by atoms with Crippen LogP contribution in [0, 0.1) is 5.41 Å². The Bertz CT molecular complexity index is 1810. The number of halogens is 2. The first-order valence-electron chi connectivity index (χ1n) is 15.9. The lowest BCUT2D eigenvalue weighted by Crippen LogP contribution is -2.35. The minimum absolute atomic E-state index is 0.0831. The molecule has 0 bridgehead atoms. The van der Waals surface area contributed by atoms with E-state index in [1.165, 1.54) is 0 Å². The van der Waals surface area contributed by atoms with Gasteiger partial charge in [0.1, 0.15) is 11.4 Å². The maximum absolute atomic E-state index is 11.5. The number of nitrogens with zero attached hydrogens (tertiary/aromatic N) is 5. The summed E-state index contributed by atoms with van der Waals surface area (Å²) in [6.07, 6.45) is 5.69. The van der Waals surface area contributed by atoms with Gasteiger partial charge in [-0.1, -0.05) is 66.5 Å². The van der Waals surface area contributed by atoms with Gasteiger partial charge in [-0.15, -0.1) is 0 Å². The predicted octanol–water partition coefficient (Wildman–Crippen LogP) is 5.16. The third-order valence-electron chi connectivity index (χ3n) is 9.01. The van der Waals surface area contributed by atoms with E-state index in [-0.39, 0.29) is 24.0 Å². The summed E-state index contributed by atoms with van der Waals surface area (Å²) in [5.41, 5.74) is 5.23. The van der Waals surface area contributed by atoms with Crippen LogP contribution in [-0.2, 0) is 17.9 Å². The Morgan fingerprint density at radius 3 is 2.08 bits per heavy atom. The molecule has 2 aromatic heterocycles. The number of aliphatic hydroxyl groups is 1. The normalized spacial score (nSPS) is 19.5. The van der Waals surface area contributed by atoms with Crippen molar-refractivity contribution in [2.24, 2.45) is 5.41 Å². The fraction of sp³-hybridized carbons (Fsp3) is 0.400. The van der Waals surface area contributed by atoms with Crippen molar-refractivity contribution in [3.8, 4) is 45.4 Å². The maximum atomic E-state index is 11.5. The lowest BCUT2D eigenvalue weighted by Gasteiger charge is -2.22. The fourth-order valence-corrected chi connectivity index (χ4v) is 6.93. The minimum atomic E-state index is -0.108. The third kappa shape index (κ3) is 7.25. The number of benzene rings is 2. The highest BCUT2D eigenvalue weighted by Gasteiger charge is 2.33. The van der Waals surface area contributed by atoms with Crippen molar-refractivity contribution in [1.82, 2.24) is 35.5 Å². The summed E-state index contributed by atoms with van der Waals surface area (Å²) in [6, 6.07) is 11.5. The number of rotatable bonds is 12. The third-order valence-corrected chi connectivity index (χ3v) is 9.82. The van der Waals surface area contributed by atoms with Crippen molar-refractivity contribution >= 4 is 29.1 Å². The second-order valence-electron chi connectivity index (χ2n) is 12.6. The number of aromatic nitrogens is 4. The molecule has 4 heterocycles. The standard InChI is InChI=1S/C35H39Cl2N7O4/c1-35(20-45)12-13-44(19-35)18-29-34(48-3)43-27(17-40-29)25-9-5-7-23(32(25)37)22-6-4-8-24(31(22)36)26-16-39-28(33(42-26)47-2)15-38-14-21-10-11-30(46)41-21/h4-9,16-17,21,38,45H,10-15,18-20H2,1-3H3,(H,41,46)/t21-,35?/m0/s1. The van der Waals surface area contributed by atoms with Gasteiger partial charge >= 0.3 is 0 Å². The summed E-state index contributed by atoms with van der Waals surface area (Å²) >= 11 is 14.1. The van der Waals surface area contributed by atoms with Gasteiger partial charge in [0, 0.05) is 72.9 Å². The monoisotopic (exact) mass is 691 g/mol. The topological polar surface area (TPSA) is 135 Å². The smallest absolute Gasteiger partial charge is 0.237 e. The van der Waals surface area contributed by atoms with Gasteiger partial charge in [-0.05, 0) is 19.4 Å². The van der Waals surface area contributed by atoms with Crippen molar-refractivity contribution in [3.63, 3.8) is 0 Å². The molecule has 2 aliphatic heterocycles. The second-order valence-corrected chi connectivity index (χ2v) is 13.4. The van der Waals surface area contributed by atoms with E-state index in [0.29, 0.717) is 76.1 Å². The molecule has 0 saturated carbocycles. The summed E-state index contributed by atoms with van der Waals surface area (Å²) < 4.78 is 11.2. The quantitative estimate of drug-likeness (QED) is 0.183. The molecule has 0 radical (unpaired) electrons. The molecule has 3 N–H and O–H groups in total. The van der Waals surface area contributed by atoms with Crippen molar-refractivity contribution in [2.45, 2.75) is 45.3 Å². The molecule has 2 aromatic carbocycles. The summed E-state index contributed by atoms with van der Waals surface area (Å²) in [5, 5.41) is 17.0. The van der Waals surface area contributed by atoms with Gasteiger partial charge in [-0.2, -0.15) is 0 Å². The molecule has 4 aromatic rings. The Morgan fingerprint density at radius 2 is 1.54 bits per heavy atom. The van der Waals surface area contributed by atoms with Crippen LogP contribution in [0.4, 0.5) is 0 Å². The van der Waals surface area contributed by atoms with Crippen molar-refractivity contribution in [1.29, 1.82) is 0 Å². The highest BCUT2D eigenvalue weighted by Crippen LogP contribution is 2.42. The van der Waals surface area contributed by atoms with Crippen molar-refractivity contribution in [3.05, 3.63) is 70.2 Å². The van der Waals surface area contributed by atoms with Crippen LogP contribution in [0.1, 0.15) is 37.6 Å². The van der Waals surface area contributed by atoms with Crippen molar-refractivity contribution < 1.29 is 19.4 Å². The molecule has 48 heavy (non-hydrogen) atoms. The van der Waals surface area contributed by atoms with Crippen LogP contribution in [0.5, 0.6) is 11.8 Å². The zero-order valence-corrected chi connectivity index (χ0v) is 28.7. The number of likely N-dealkylation sites (tertiary alicyclic amines) is 1. The number of amides is 1. The second kappa shape index (κ2) is 14.7. The Balaban J connectivity index is 1.23.